The highest BCUT2D eigenvalue weighted by Gasteiger charge is 2.18. The van der Waals surface area contributed by atoms with Gasteiger partial charge in [-0.3, -0.25) is 0 Å². The molecule has 0 amide bonds. The molecule has 0 atom stereocenters. The minimum absolute atomic E-state index is 0.894. The Kier molecular flexibility index (Phi) is 8.17. The van der Waals surface area contributed by atoms with Crippen LogP contribution in [0.15, 0.2) is 235 Å². The number of para-hydroxylation sites is 3. The summed E-state index contributed by atoms with van der Waals surface area (Å²) in [6.07, 6.45) is 0. The van der Waals surface area contributed by atoms with Crippen molar-refractivity contribution < 1.29 is 4.42 Å². The van der Waals surface area contributed by atoms with Gasteiger partial charge in [-0.2, -0.15) is 0 Å². The molecular weight excluding hydrogens is 741 g/mol. The fraction of sp³-hybridized carbons (Fsp3) is 0. The Balaban J connectivity index is 0.926. The van der Waals surface area contributed by atoms with Crippen molar-refractivity contribution in [1.82, 2.24) is 4.57 Å². The molecular formula is C58H38N2O. The van der Waals surface area contributed by atoms with Crippen LogP contribution in [0.25, 0.3) is 93.6 Å². The van der Waals surface area contributed by atoms with Crippen LogP contribution in [0.2, 0.25) is 0 Å². The molecule has 0 saturated carbocycles. The number of fused-ring (bicyclic) bond motifs is 7. The number of furan rings is 1. The Labute approximate surface area is 353 Å². The van der Waals surface area contributed by atoms with Crippen molar-refractivity contribution in [1.29, 1.82) is 0 Å². The third-order valence-electron chi connectivity index (χ3n) is 12.1. The summed E-state index contributed by atoms with van der Waals surface area (Å²) in [6.45, 7) is 0. The van der Waals surface area contributed by atoms with Crippen molar-refractivity contribution in [2.45, 2.75) is 0 Å². The van der Waals surface area contributed by atoms with Crippen LogP contribution >= 0.6 is 0 Å². The molecule has 12 aromatic rings. The van der Waals surface area contributed by atoms with Gasteiger partial charge in [0.1, 0.15) is 11.2 Å². The van der Waals surface area contributed by atoms with Crippen molar-refractivity contribution in [3.63, 3.8) is 0 Å². The van der Waals surface area contributed by atoms with Gasteiger partial charge in [-0.1, -0.05) is 152 Å². The summed E-state index contributed by atoms with van der Waals surface area (Å²) in [5, 5.41) is 7.21. The lowest BCUT2D eigenvalue weighted by Crippen LogP contribution is -2.10. The maximum Gasteiger partial charge on any atom is 0.136 e. The highest BCUT2D eigenvalue weighted by molar-refractivity contribution is 6.13. The number of hydrogen-bond acceptors (Lipinski definition) is 2. The Morgan fingerprint density at radius 1 is 0.328 bits per heavy atom. The van der Waals surface area contributed by atoms with Gasteiger partial charge in [0, 0.05) is 44.3 Å². The highest BCUT2D eigenvalue weighted by atomic mass is 16.3. The molecule has 0 aliphatic carbocycles. The Bertz CT molecular complexity index is 3560. The molecule has 12 rings (SSSR count). The lowest BCUT2D eigenvalue weighted by Gasteiger charge is -2.26. The van der Waals surface area contributed by atoms with Gasteiger partial charge in [0.05, 0.1) is 11.0 Å². The van der Waals surface area contributed by atoms with E-state index in [0.717, 1.165) is 61.4 Å². The predicted octanol–water partition coefficient (Wildman–Crippen LogP) is 16.3. The summed E-state index contributed by atoms with van der Waals surface area (Å²) < 4.78 is 8.67. The topological polar surface area (TPSA) is 21.3 Å². The Morgan fingerprint density at radius 3 is 1.70 bits per heavy atom. The Morgan fingerprint density at radius 2 is 0.902 bits per heavy atom. The third-order valence-corrected chi connectivity index (χ3v) is 12.1. The SMILES string of the molecule is c1cc(-c2ccc(N(c3cccc(-c4cccc5oc6ccccc6c45)c3)c3ccc4ccccc4c3)cc2)cc(-c2cccc(-n3c4ccccc4c4ccccc43)c2)c1. The zero-order chi connectivity index (χ0) is 40.3. The monoisotopic (exact) mass is 778 g/mol. The van der Waals surface area contributed by atoms with E-state index in [2.05, 4.69) is 228 Å². The number of nitrogens with zero attached hydrogens (tertiary/aromatic N) is 2. The first-order chi connectivity index (χ1) is 30.2. The lowest BCUT2D eigenvalue weighted by atomic mass is 9.98. The van der Waals surface area contributed by atoms with Gasteiger partial charge in [0.2, 0.25) is 0 Å². The second kappa shape index (κ2) is 14.3. The minimum Gasteiger partial charge on any atom is -0.456 e. The second-order valence-electron chi connectivity index (χ2n) is 15.7. The zero-order valence-corrected chi connectivity index (χ0v) is 33.2. The molecule has 0 aliphatic rings. The molecule has 0 saturated heterocycles. The van der Waals surface area contributed by atoms with Gasteiger partial charge in [0.25, 0.3) is 0 Å². The summed E-state index contributed by atoms with van der Waals surface area (Å²) >= 11 is 0. The second-order valence-corrected chi connectivity index (χ2v) is 15.7. The number of hydrogen-bond donors (Lipinski definition) is 0. The van der Waals surface area contributed by atoms with Crippen LogP contribution in [0.3, 0.4) is 0 Å². The van der Waals surface area contributed by atoms with Crippen molar-refractivity contribution in [2.24, 2.45) is 0 Å². The van der Waals surface area contributed by atoms with Crippen LogP contribution in [-0.2, 0) is 0 Å². The van der Waals surface area contributed by atoms with E-state index >= 15 is 0 Å². The van der Waals surface area contributed by atoms with E-state index in [1.165, 1.54) is 49.3 Å². The maximum atomic E-state index is 6.29. The zero-order valence-electron chi connectivity index (χ0n) is 33.2. The van der Waals surface area contributed by atoms with Crippen LogP contribution in [0.4, 0.5) is 17.1 Å². The lowest BCUT2D eigenvalue weighted by molar-refractivity contribution is 0.669. The standard InChI is InChI=1S/C58H38N2O/c1-2-14-43-36-49(34-31-39(43)13-1)59(47-19-11-18-45(38-47)50-24-12-28-57-58(50)53-23-5-8-27-56(53)61-57)46-32-29-40(30-33-46)41-15-9-16-42(35-41)44-17-10-20-48(37-44)60-54-25-6-3-21-51(54)52-22-4-7-26-55(52)60/h1-38H. The third kappa shape index (κ3) is 5.98. The maximum absolute atomic E-state index is 6.29. The molecule has 0 N–H and O–H groups in total. The molecule has 3 heteroatoms. The largest absolute Gasteiger partial charge is 0.456 e. The molecule has 0 bridgehead atoms. The first-order valence-electron chi connectivity index (χ1n) is 20.8. The van der Waals surface area contributed by atoms with Crippen LogP contribution < -0.4 is 4.90 Å². The number of anilines is 3. The van der Waals surface area contributed by atoms with E-state index in [9.17, 15) is 0 Å². The smallest absolute Gasteiger partial charge is 0.136 e. The van der Waals surface area contributed by atoms with Gasteiger partial charge in [0.15, 0.2) is 0 Å². The van der Waals surface area contributed by atoms with Gasteiger partial charge in [-0.25, -0.2) is 0 Å². The summed E-state index contributed by atoms with van der Waals surface area (Å²) in [7, 11) is 0. The van der Waals surface area contributed by atoms with E-state index in [0.29, 0.717) is 0 Å². The molecule has 2 aromatic heterocycles. The summed E-state index contributed by atoms with van der Waals surface area (Å²) in [5.41, 5.74) is 15.6. The van der Waals surface area contributed by atoms with E-state index in [-0.39, 0.29) is 0 Å². The van der Waals surface area contributed by atoms with Gasteiger partial charge >= 0.3 is 0 Å². The first kappa shape index (κ1) is 34.9. The molecule has 3 nitrogen and oxygen atoms in total. The van der Waals surface area contributed by atoms with Gasteiger partial charge in [-0.15, -0.1) is 0 Å². The molecule has 0 fully saturated rings. The first-order valence-corrected chi connectivity index (χ1v) is 20.8. The molecule has 10 aromatic carbocycles. The molecule has 0 spiro atoms. The van der Waals surface area contributed by atoms with Crippen LogP contribution in [0, 0.1) is 0 Å². The van der Waals surface area contributed by atoms with Crippen LogP contribution in [0.5, 0.6) is 0 Å². The summed E-state index contributed by atoms with van der Waals surface area (Å²) in [4.78, 5) is 2.36. The van der Waals surface area contributed by atoms with Crippen molar-refractivity contribution in [3.05, 3.63) is 231 Å². The average Bonchev–Trinajstić information content (AvgIpc) is 3.88. The number of aromatic nitrogens is 1. The fourth-order valence-electron chi connectivity index (χ4n) is 9.30. The van der Waals surface area contributed by atoms with E-state index in [1.807, 2.05) is 12.1 Å². The van der Waals surface area contributed by atoms with E-state index in [4.69, 9.17) is 4.42 Å². The molecule has 2 heterocycles. The molecule has 0 aliphatic heterocycles. The summed E-state index contributed by atoms with van der Waals surface area (Å²) in [6, 6.07) is 83.0. The molecule has 61 heavy (non-hydrogen) atoms. The molecule has 286 valence electrons. The van der Waals surface area contributed by atoms with E-state index < -0.39 is 0 Å². The number of benzene rings is 10. The minimum atomic E-state index is 0.894. The highest BCUT2D eigenvalue weighted by Crippen LogP contribution is 2.42. The van der Waals surface area contributed by atoms with E-state index in [1.54, 1.807) is 0 Å². The quantitative estimate of drug-likeness (QED) is 0.161. The molecule has 0 radical (unpaired) electrons. The average molecular weight is 779 g/mol. The van der Waals surface area contributed by atoms with Crippen molar-refractivity contribution in [3.8, 4) is 39.1 Å². The number of rotatable bonds is 7. The normalized spacial score (nSPS) is 11.6. The molecule has 0 unspecified atom stereocenters. The van der Waals surface area contributed by atoms with Gasteiger partial charge in [-0.05, 0) is 123 Å². The van der Waals surface area contributed by atoms with Crippen LogP contribution in [0.1, 0.15) is 0 Å². The van der Waals surface area contributed by atoms with Gasteiger partial charge < -0.3 is 13.9 Å². The predicted molar refractivity (Wildman–Crippen MR) is 257 cm³/mol. The van der Waals surface area contributed by atoms with Crippen molar-refractivity contribution in [2.75, 3.05) is 4.90 Å². The fourth-order valence-corrected chi connectivity index (χ4v) is 9.30. The van der Waals surface area contributed by atoms with Crippen molar-refractivity contribution >= 4 is 71.6 Å². The Hall–Kier alpha value is -8.14. The summed E-state index contributed by atoms with van der Waals surface area (Å²) in [5.74, 6) is 0. The van der Waals surface area contributed by atoms with Crippen LogP contribution in [-0.4, -0.2) is 4.57 Å².